The van der Waals surface area contributed by atoms with Crippen LogP contribution in [0.15, 0.2) is 48.5 Å². The fourth-order valence-corrected chi connectivity index (χ4v) is 2.80. The normalized spacial score (nSPS) is 11.6. The lowest BCUT2D eigenvalue weighted by molar-refractivity contribution is 0.0938. The van der Waals surface area contributed by atoms with Gasteiger partial charge in [-0.1, -0.05) is 45.2 Å². The number of para-hydroxylation sites is 1. The summed E-state index contributed by atoms with van der Waals surface area (Å²) in [6, 6.07) is 14.3. The molecule has 0 saturated heterocycles. The molecule has 0 fully saturated rings. The summed E-state index contributed by atoms with van der Waals surface area (Å²) in [5.41, 5.74) is 1.70. The molecule has 0 aliphatic carbocycles. The van der Waals surface area contributed by atoms with Gasteiger partial charge in [0, 0.05) is 17.3 Å². The number of hydrogen-bond acceptors (Lipinski definition) is 3. The van der Waals surface area contributed by atoms with Crippen molar-refractivity contribution in [2.24, 2.45) is 0 Å². The number of rotatable bonds is 11. The van der Waals surface area contributed by atoms with Gasteiger partial charge in [-0.05, 0) is 56.2 Å². The summed E-state index contributed by atoms with van der Waals surface area (Å²) in [4.78, 5) is 24.9. The highest BCUT2D eigenvalue weighted by atomic mass is 16.5. The van der Waals surface area contributed by atoms with E-state index in [-0.39, 0.29) is 17.9 Å². The zero-order valence-corrected chi connectivity index (χ0v) is 17.7. The van der Waals surface area contributed by atoms with Crippen LogP contribution in [0.4, 0.5) is 5.69 Å². The third-order valence-corrected chi connectivity index (χ3v) is 4.78. The largest absolute Gasteiger partial charge is 0.493 e. The second-order valence-corrected chi connectivity index (χ2v) is 7.22. The van der Waals surface area contributed by atoms with Crippen LogP contribution in [0, 0.1) is 0 Å². The van der Waals surface area contributed by atoms with Crippen molar-refractivity contribution in [1.82, 2.24) is 5.32 Å². The molecule has 156 valence electrons. The van der Waals surface area contributed by atoms with Crippen LogP contribution in [0.25, 0.3) is 0 Å². The minimum absolute atomic E-state index is 0.112. The molecule has 29 heavy (non-hydrogen) atoms. The van der Waals surface area contributed by atoms with Gasteiger partial charge >= 0.3 is 0 Å². The highest BCUT2D eigenvalue weighted by molar-refractivity contribution is 6.06. The fourth-order valence-electron chi connectivity index (χ4n) is 2.80. The van der Waals surface area contributed by atoms with E-state index in [9.17, 15) is 9.59 Å². The van der Waals surface area contributed by atoms with Crippen molar-refractivity contribution >= 4 is 17.5 Å². The van der Waals surface area contributed by atoms with Crippen LogP contribution in [0.2, 0.25) is 0 Å². The second-order valence-electron chi connectivity index (χ2n) is 7.22. The van der Waals surface area contributed by atoms with E-state index in [2.05, 4.69) is 17.6 Å². The molecule has 0 saturated carbocycles. The average molecular weight is 397 g/mol. The molecule has 2 aromatic carbocycles. The minimum Gasteiger partial charge on any atom is -0.493 e. The van der Waals surface area contributed by atoms with Gasteiger partial charge in [0.25, 0.3) is 11.8 Å². The van der Waals surface area contributed by atoms with Gasteiger partial charge in [0.05, 0.1) is 12.2 Å². The molecule has 0 aliphatic heterocycles. The van der Waals surface area contributed by atoms with Crippen molar-refractivity contribution in [2.75, 3.05) is 11.9 Å². The maximum atomic E-state index is 12.7. The zero-order valence-electron chi connectivity index (χ0n) is 17.7. The quantitative estimate of drug-likeness (QED) is 0.498. The van der Waals surface area contributed by atoms with E-state index in [1.54, 1.807) is 30.3 Å². The van der Waals surface area contributed by atoms with E-state index in [1.165, 1.54) is 12.8 Å². The molecule has 0 bridgehead atoms. The number of carbonyl (C=O) groups excluding carboxylic acids is 2. The summed E-state index contributed by atoms with van der Waals surface area (Å²) < 4.78 is 5.83. The Bertz CT molecular complexity index is 787. The fraction of sp³-hybridized carbons (Fsp3) is 0.417. The number of unbranched alkanes of at least 4 members (excludes halogenated alkanes) is 3. The lowest BCUT2D eigenvalue weighted by atomic mass is 10.1. The molecule has 2 rings (SSSR count). The SMILES string of the molecule is CCCCCCOc1ccccc1C(=O)Nc1ccc(C(=O)NC(C)CC)cc1. The Kier molecular flexibility index (Phi) is 9.22. The van der Waals surface area contributed by atoms with Crippen molar-refractivity contribution in [3.05, 3.63) is 59.7 Å². The van der Waals surface area contributed by atoms with Crippen LogP contribution in [-0.2, 0) is 0 Å². The number of anilines is 1. The minimum atomic E-state index is -0.231. The molecule has 0 radical (unpaired) electrons. The van der Waals surface area contributed by atoms with E-state index in [0.717, 1.165) is 19.3 Å². The van der Waals surface area contributed by atoms with Gasteiger partial charge in [0.15, 0.2) is 0 Å². The van der Waals surface area contributed by atoms with Crippen LogP contribution in [0.3, 0.4) is 0 Å². The topological polar surface area (TPSA) is 67.4 Å². The lowest BCUT2D eigenvalue weighted by Crippen LogP contribution is -2.31. The molecular weight excluding hydrogens is 364 g/mol. The van der Waals surface area contributed by atoms with Gasteiger partial charge < -0.3 is 15.4 Å². The maximum Gasteiger partial charge on any atom is 0.259 e. The Balaban J connectivity index is 1.97. The molecule has 2 amide bonds. The van der Waals surface area contributed by atoms with Crippen molar-refractivity contribution in [1.29, 1.82) is 0 Å². The molecule has 2 aromatic rings. The summed E-state index contributed by atoms with van der Waals surface area (Å²) in [6.45, 7) is 6.77. The Labute approximate surface area is 173 Å². The number of nitrogens with one attached hydrogen (secondary N) is 2. The smallest absolute Gasteiger partial charge is 0.259 e. The van der Waals surface area contributed by atoms with Crippen LogP contribution in [0.5, 0.6) is 5.75 Å². The van der Waals surface area contributed by atoms with Crippen molar-refractivity contribution in [3.63, 3.8) is 0 Å². The van der Waals surface area contributed by atoms with E-state index in [0.29, 0.717) is 29.2 Å². The molecule has 1 unspecified atom stereocenters. The maximum absolute atomic E-state index is 12.7. The van der Waals surface area contributed by atoms with Gasteiger partial charge in [-0.3, -0.25) is 9.59 Å². The van der Waals surface area contributed by atoms with E-state index >= 15 is 0 Å². The first kappa shape index (κ1) is 22.5. The summed E-state index contributed by atoms with van der Waals surface area (Å²) in [5.74, 6) is 0.246. The third-order valence-electron chi connectivity index (χ3n) is 4.78. The Hall–Kier alpha value is -2.82. The predicted molar refractivity (Wildman–Crippen MR) is 118 cm³/mol. The summed E-state index contributed by atoms with van der Waals surface area (Å²) >= 11 is 0. The predicted octanol–water partition coefficient (Wildman–Crippen LogP) is 5.43. The van der Waals surface area contributed by atoms with Crippen LogP contribution < -0.4 is 15.4 Å². The van der Waals surface area contributed by atoms with Gasteiger partial charge in [0.2, 0.25) is 0 Å². The van der Waals surface area contributed by atoms with Crippen molar-refractivity contribution in [3.8, 4) is 5.75 Å². The molecule has 5 nitrogen and oxygen atoms in total. The van der Waals surface area contributed by atoms with E-state index in [1.807, 2.05) is 32.0 Å². The highest BCUT2D eigenvalue weighted by Gasteiger charge is 2.13. The highest BCUT2D eigenvalue weighted by Crippen LogP contribution is 2.20. The Morgan fingerprint density at radius 1 is 0.931 bits per heavy atom. The average Bonchev–Trinajstić information content (AvgIpc) is 2.74. The number of hydrogen-bond donors (Lipinski definition) is 2. The number of ether oxygens (including phenoxy) is 1. The molecule has 5 heteroatoms. The third kappa shape index (κ3) is 7.26. The molecular formula is C24H32N2O3. The Morgan fingerprint density at radius 3 is 2.34 bits per heavy atom. The molecule has 2 N–H and O–H groups in total. The number of carbonyl (C=O) groups is 2. The molecule has 0 heterocycles. The first-order valence-electron chi connectivity index (χ1n) is 10.5. The summed E-state index contributed by atoms with van der Waals surface area (Å²) in [7, 11) is 0. The molecule has 1 atom stereocenters. The molecule has 0 aliphatic rings. The van der Waals surface area contributed by atoms with Crippen LogP contribution in [0.1, 0.15) is 73.6 Å². The van der Waals surface area contributed by atoms with Gasteiger partial charge in [-0.15, -0.1) is 0 Å². The zero-order chi connectivity index (χ0) is 21.1. The molecule has 0 aromatic heterocycles. The summed E-state index contributed by atoms with van der Waals surface area (Å²) in [5, 5.41) is 5.81. The van der Waals surface area contributed by atoms with Gasteiger partial charge in [-0.25, -0.2) is 0 Å². The number of amides is 2. The van der Waals surface area contributed by atoms with Crippen LogP contribution in [-0.4, -0.2) is 24.5 Å². The van der Waals surface area contributed by atoms with Gasteiger partial charge in [-0.2, -0.15) is 0 Å². The van der Waals surface area contributed by atoms with Crippen molar-refractivity contribution in [2.45, 2.75) is 58.9 Å². The standard InChI is InChI=1S/C24H32N2O3/c1-4-6-7-10-17-29-22-12-9-8-11-21(22)24(28)26-20-15-13-19(14-16-20)23(27)25-18(3)5-2/h8-9,11-16,18H,4-7,10,17H2,1-3H3,(H,25,27)(H,26,28). The van der Waals surface area contributed by atoms with Crippen LogP contribution >= 0.6 is 0 Å². The van der Waals surface area contributed by atoms with Crippen molar-refractivity contribution < 1.29 is 14.3 Å². The first-order chi connectivity index (χ1) is 14.0. The second kappa shape index (κ2) is 11.9. The van der Waals surface area contributed by atoms with Gasteiger partial charge in [0.1, 0.15) is 5.75 Å². The monoisotopic (exact) mass is 396 g/mol. The van der Waals surface area contributed by atoms with E-state index in [4.69, 9.17) is 4.74 Å². The first-order valence-corrected chi connectivity index (χ1v) is 10.5. The molecule has 0 spiro atoms. The lowest BCUT2D eigenvalue weighted by Gasteiger charge is -2.13. The summed E-state index contributed by atoms with van der Waals surface area (Å²) in [6.07, 6.45) is 5.35. The Morgan fingerprint density at radius 2 is 1.66 bits per heavy atom. The van der Waals surface area contributed by atoms with E-state index < -0.39 is 0 Å². The number of benzene rings is 2.